The Kier molecular flexibility index (Phi) is 7.19. The molecule has 0 N–H and O–H groups in total. The van der Waals surface area contributed by atoms with Gasteiger partial charge >= 0.3 is 0 Å². The molecule has 4 aromatic heterocycles. The van der Waals surface area contributed by atoms with Crippen molar-refractivity contribution in [2.45, 2.75) is 0 Å². The number of nitrogens with zero attached hydrogens (tertiary/aromatic N) is 6. The third-order valence-electron chi connectivity index (χ3n) is 11.7. The van der Waals surface area contributed by atoms with E-state index in [4.69, 9.17) is 9.97 Å². The number of hydrogen-bond acceptors (Lipinski definition) is 3. The third kappa shape index (κ3) is 4.92. The third-order valence-corrected chi connectivity index (χ3v) is 11.7. The Hall–Kier alpha value is -8.27. The lowest BCUT2D eigenvalue weighted by molar-refractivity contribution is 0.911. The molecular weight excluding hydrogens is 721 g/mol. The number of fused-ring (bicyclic) bond motifs is 9. The summed E-state index contributed by atoms with van der Waals surface area (Å²) in [5, 5.41) is 18.0. The van der Waals surface area contributed by atoms with E-state index in [0.717, 1.165) is 87.7 Å². The van der Waals surface area contributed by atoms with Gasteiger partial charge in [0.25, 0.3) is 0 Å². The van der Waals surface area contributed by atoms with Crippen molar-refractivity contribution in [2.75, 3.05) is 0 Å². The molecule has 0 atom stereocenters. The lowest BCUT2D eigenvalue weighted by Crippen LogP contribution is -2.13. The van der Waals surface area contributed by atoms with Crippen LogP contribution in [0, 0.1) is 11.3 Å². The molecule has 0 saturated carbocycles. The minimum atomic E-state index is 0.374. The van der Waals surface area contributed by atoms with E-state index in [9.17, 15) is 5.26 Å². The van der Waals surface area contributed by atoms with Gasteiger partial charge in [-0.3, -0.25) is 13.7 Å². The molecule has 6 nitrogen and oxygen atoms in total. The SMILES string of the molecule is N#Cc1c(-n2c3ccccc3c3cc(-c4ccccc4)ccc32)nc(-n2c3ccccc3c3ccccc32)nc1-n1c2ccccc2c2cc(-c3ccccc3)ccc21. The van der Waals surface area contributed by atoms with Gasteiger partial charge in [-0.25, -0.2) is 0 Å². The molecular formula is C53H32N6. The Morgan fingerprint density at radius 3 is 1.07 bits per heavy atom. The van der Waals surface area contributed by atoms with Crippen molar-refractivity contribution in [3.05, 3.63) is 200 Å². The van der Waals surface area contributed by atoms with E-state index in [1.807, 2.05) is 12.1 Å². The highest BCUT2D eigenvalue weighted by atomic mass is 15.2. The Bertz CT molecular complexity index is 3450. The van der Waals surface area contributed by atoms with Crippen LogP contribution in [0.1, 0.15) is 5.56 Å². The van der Waals surface area contributed by atoms with Crippen LogP contribution in [0.3, 0.4) is 0 Å². The van der Waals surface area contributed by atoms with Gasteiger partial charge in [-0.1, -0.05) is 146 Å². The van der Waals surface area contributed by atoms with E-state index in [1.54, 1.807) is 0 Å². The second kappa shape index (κ2) is 12.9. The molecule has 0 aliphatic heterocycles. The Balaban J connectivity index is 1.22. The Labute approximate surface area is 338 Å². The summed E-state index contributed by atoms with van der Waals surface area (Å²) in [5.41, 5.74) is 10.7. The zero-order chi connectivity index (χ0) is 39.0. The number of para-hydroxylation sites is 4. The van der Waals surface area contributed by atoms with Gasteiger partial charge in [-0.05, 0) is 70.8 Å². The maximum atomic E-state index is 11.5. The number of aromatic nitrogens is 5. The van der Waals surface area contributed by atoms with Crippen LogP contribution in [-0.4, -0.2) is 23.7 Å². The average molecular weight is 753 g/mol. The molecule has 0 saturated heterocycles. The van der Waals surface area contributed by atoms with Gasteiger partial charge in [0.2, 0.25) is 5.95 Å². The molecule has 6 heteroatoms. The summed E-state index contributed by atoms with van der Waals surface area (Å²) in [6.45, 7) is 0. The van der Waals surface area contributed by atoms with Gasteiger partial charge in [-0.2, -0.15) is 15.2 Å². The maximum Gasteiger partial charge on any atom is 0.238 e. The lowest BCUT2D eigenvalue weighted by atomic mass is 10.0. The first kappa shape index (κ1) is 32.9. The lowest BCUT2D eigenvalue weighted by Gasteiger charge is -2.17. The average Bonchev–Trinajstić information content (AvgIpc) is 3.94. The second-order valence-electron chi connectivity index (χ2n) is 14.9. The molecule has 12 aromatic rings. The zero-order valence-corrected chi connectivity index (χ0v) is 31.7. The van der Waals surface area contributed by atoms with E-state index in [1.165, 1.54) is 0 Å². The molecule has 0 aliphatic carbocycles. The highest BCUT2D eigenvalue weighted by Gasteiger charge is 2.26. The van der Waals surface area contributed by atoms with E-state index in [0.29, 0.717) is 23.1 Å². The van der Waals surface area contributed by atoms with Crippen LogP contribution in [0.4, 0.5) is 0 Å². The number of benzene rings is 8. The molecule has 0 unspecified atom stereocenters. The summed E-state index contributed by atoms with van der Waals surface area (Å²) in [6.07, 6.45) is 0. The number of hydrogen-bond donors (Lipinski definition) is 0. The summed E-state index contributed by atoms with van der Waals surface area (Å²) < 4.78 is 6.45. The topological polar surface area (TPSA) is 64.4 Å². The fraction of sp³-hybridized carbons (Fsp3) is 0. The van der Waals surface area contributed by atoms with Gasteiger partial charge in [0.05, 0.1) is 33.1 Å². The van der Waals surface area contributed by atoms with Crippen molar-refractivity contribution < 1.29 is 0 Å². The maximum absolute atomic E-state index is 11.5. The van der Waals surface area contributed by atoms with Crippen LogP contribution in [0.2, 0.25) is 0 Å². The van der Waals surface area contributed by atoms with Gasteiger partial charge in [-0.15, -0.1) is 0 Å². The van der Waals surface area contributed by atoms with E-state index in [2.05, 4.69) is 202 Å². The summed E-state index contributed by atoms with van der Waals surface area (Å²) in [4.78, 5) is 10.9. The largest absolute Gasteiger partial charge is 0.292 e. The van der Waals surface area contributed by atoms with Gasteiger partial charge in [0.15, 0.2) is 11.6 Å². The molecule has 0 bridgehead atoms. The molecule has 0 amide bonds. The summed E-state index contributed by atoms with van der Waals surface area (Å²) in [6, 6.07) is 70.2. The van der Waals surface area contributed by atoms with Crippen LogP contribution in [-0.2, 0) is 0 Å². The van der Waals surface area contributed by atoms with Crippen molar-refractivity contribution in [3.8, 4) is 45.9 Å². The van der Waals surface area contributed by atoms with E-state index in [-0.39, 0.29) is 0 Å². The molecule has 59 heavy (non-hydrogen) atoms. The van der Waals surface area contributed by atoms with Crippen molar-refractivity contribution in [1.29, 1.82) is 5.26 Å². The van der Waals surface area contributed by atoms with Crippen molar-refractivity contribution in [2.24, 2.45) is 0 Å². The highest BCUT2D eigenvalue weighted by Crippen LogP contribution is 2.40. The van der Waals surface area contributed by atoms with Crippen LogP contribution >= 0.6 is 0 Å². The minimum Gasteiger partial charge on any atom is -0.292 e. The minimum absolute atomic E-state index is 0.374. The van der Waals surface area contributed by atoms with E-state index >= 15 is 0 Å². The zero-order valence-electron chi connectivity index (χ0n) is 31.7. The smallest absolute Gasteiger partial charge is 0.238 e. The Morgan fingerprint density at radius 2 is 0.661 bits per heavy atom. The van der Waals surface area contributed by atoms with Crippen LogP contribution in [0.25, 0.3) is 105 Å². The molecule has 0 fully saturated rings. The fourth-order valence-electron chi connectivity index (χ4n) is 9.11. The molecule has 12 rings (SSSR count). The van der Waals surface area contributed by atoms with Gasteiger partial charge in [0.1, 0.15) is 11.6 Å². The van der Waals surface area contributed by atoms with Crippen molar-refractivity contribution in [1.82, 2.24) is 23.7 Å². The van der Waals surface area contributed by atoms with Gasteiger partial charge in [0, 0.05) is 32.3 Å². The van der Waals surface area contributed by atoms with Gasteiger partial charge < -0.3 is 0 Å². The standard InChI is InChI=1S/C53H32N6/c54-33-44-51(57-45-23-11-9-21-40(45)42-31-36(27-29-49(42)57)34-15-3-1-4-16-34)55-53(59-47-25-13-7-19-38(47)39-20-8-14-26-48(39)59)56-52(44)58-46-24-12-10-22-41(46)43-32-37(28-30-50(43)58)35-17-5-2-6-18-35/h1-32H. The van der Waals surface area contributed by atoms with Crippen molar-refractivity contribution in [3.63, 3.8) is 0 Å². The molecule has 0 aliphatic rings. The highest BCUT2D eigenvalue weighted by molar-refractivity contribution is 6.13. The molecule has 0 radical (unpaired) electrons. The molecule has 0 spiro atoms. The molecule has 274 valence electrons. The van der Waals surface area contributed by atoms with Crippen LogP contribution in [0.15, 0.2) is 194 Å². The first-order chi connectivity index (χ1) is 29.2. The molecule has 4 heterocycles. The predicted molar refractivity (Wildman–Crippen MR) is 241 cm³/mol. The monoisotopic (exact) mass is 752 g/mol. The molecule has 8 aromatic carbocycles. The van der Waals surface area contributed by atoms with Crippen LogP contribution < -0.4 is 0 Å². The first-order valence-electron chi connectivity index (χ1n) is 19.7. The summed E-state index contributed by atoms with van der Waals surface area (Å²) >= 11 is 0. The quantitative estimate of drug-likeness (QED) is 0.176. The summed E-state index contributed by atoms with van der Waals surface area (Å²) in [7, 11) is 0. The first-order valence-corrected chi connectivity index (χ1v) is 19.7. The summed E-state index contributed by atoms with van der Waals surface area (Å²) in [5.74, 6) is 1.50. The second-order valence-corrected chi connectivity index (χ2v) is 14.9. The number of nitriles is 1. The van der Waals surface area contributed by atoms with E-state index < -0.39 is 0 Å². The van der Waals surface area contributed by atoms with Crippen LogP contribution in [0.5, 0.6) is 0 Å². The number of rotatable bonds is 5. The normalized spacial score (nSPS) is 11.7. The Morgan fingerprint density at radius 1 is 0.322 bits per heavy atom. The van der Waals surface area contributed by atoms with Crippen molar-refractivity contribution >= 4 is 65.4 Å². The fourth-order valence-corrected chi connectivity index (χ4v) is 9.11. The predicted octanol–water partition coefficient (Wildman–Crippen LogP) is 13.0.